The zero-order chi connectivity index (χ0) is 13.0. The molecule has 1 aliphatic rings. The van der Waals surface area contributed by atoms with Crippen molar-refractivity contribution < 1.29 is 0 Å². The maximum Gasteiger partial charge on any atom is 0.160 e. The normalized spacial score (nSPS) is 20.9. The molecule has 0 radical (unpaired) electrons. The fraction of sp³-hybridized carbons (Fsp3) is 0.667. The predicted molar refractivity (Wildman–Crippen MR) is 78.4 cm³/mol. The Labute approximate surface area is 113 Å². The lowest BCUT2D eigenvalue weighted by Crippen LogP contribution is -2.50. The maximum absolute atomic E-state index is 4.57. The molecule has 6 heteroatoms. The van der Waals surface area contributed by atoms with Crippen LogP contribution in [0, 0.1) is 0 Å². The Morgan fingerprint density at radius 3 is 3.00 bits per heavy atom. The molecule has 2 rings (SSSR count). The van der Waals surface area contributed by atoms with Crippen molar-refractivity contribution in [2.24, 2.45) is 4.99 Å². The quantitative estimate of drug-likeness (QED) is 0.565. The highest BCUT2D eigenvalue weighted by atomic mass is 32.1. The highest BCUT2D eigenvalue weighted by molar-refractivity contribution is 7.81. The van der Waals surface area contributed by atoms with Gasteiger partial charge in [-0.25, -0.2) is 4.98 Å². The summed E-state index contributed by atoms with van der Waals surface area (Å²) in [4.78, 5) is 13.9. The number of amidine groups is 1. The number of aromatic amines is 1. The van der Waals surface area contributed by atoms with E-state index in [2.05, 4.69) is 44.7 Å². The first kappa shape index (κ1) is 13.3. The van der Waals surface area contributed by atoms with Gasteiger partial charge in [-0.2, -0.15) is 0 Å². The molecule has 1 aromatic rings. The average Bonchev–Trinajstić information content (AvgIpc) is 2.85. The fourth-order valence-corrected chi connectivity index (χ4v) is 2.53. The Bertz CT molecular complexity index is 414. The van der Waals surface area contributed by atoms with Gasteiger partial charge in [-0.1, -0.05) is 26.2 Å². The fourth-order valence-electron chi connectivity index (χ4n) is 2.18. The van der Waals surface area contributed by atoms with Gasteiger partial charge in [0.25, 0.3) is 0 Å². The van der Waals surface area contributed by atoms with Gasteiger partial charge in [-0.05, 0) is 6.42 Å². The number of rotatable bonds is 5. The van der Waals surface area contributed by atoms with Crippen LogP contribution in [0.5, 0.6) is 0 Å². The molecule has 0 bridgehead atoms. The summed E-state index contributed by atoms with van der Waals surface area (Å²) in [6, 6.07) is 0. The molecular weight excluding hydrogens is 246 g/mol. The average molecular weight is 267 g/mol. The van der Waals surface area contributed by atoms with Crippen LogP contribution in [0.1, 0.15) is 38.3 Å². The lowest BCUT2D eigenvalue weighted by Gasteiger charge is -2.34. The first-order valence-electron chi connectivity index (χ1n) is 6.49. The summed E-state index contributed by atoms with van der Waals surface area (Å²) in [6.07, 6.45) is 6.66. The molecule has 0 aromatic carbocycles. The first-order chi connectivity index (χ1) is 8.77. The van der Waals surface area contributed by atoms with Crippen LogP contribution in [0.2, 0.25) is 0 Å². The van der Waals surface area contributed by atoms with E-state index in [4.69, 9.17) is 0 Å². The van der Waals surface area contributed by atoms with Crippen molar-refractivity contribution in [3.8, 4) is 0 Å². The molecule has 1 aliphatic heterocycles. The second-order valence-electron chi connectivity index (χ2n) is 4.45. The van der Waals surface area contributed by atoms with Crippen LogP contribution in [-0.4, -0.2) is 34.9 Å². The van der Waals surface area contributed by atoms with E-state index in [1.165, 1.54) is 19.3 Å². The van der Waals surface area contributed by atoms with Gasteiger partial charge in [-0.15, -0.1) is 12.6 Å². The van der Waals surface area contributed by atoms with E-state index in [0.29, 0.717) is 0 Å². The van der Waals surface area contributed by atoms with Gasteiger partial charge >= 0.3 is 0 Å². The minimum Gasteiger partial charge on any atom is -0.340 e. The molecule has 0 amide bonds. The number of anilines is 1. The largest absolute Gasteiger partial charge is 0.340 e. The highest BCUT2D eigenvalue weighted by Crippen LogP contribution is 2.24. The third-order valence-corrected chi connectivity index (χ3v) is 3.57. The van der Waals surface area contributed by atoms with Crippen LogP contribution in [0.15, 0.2) is 11.3 Å². The second-order valence-corrected chi connectivity index (χ2v) is 4.93. The molecule has 0 spiro atoms. The van der Waals surface area contributed by atoms with E-state index in [9.17, 15) is 0 Å². The van der Waals surface area contributed by atoms with Crippen molar-refractivity contribution in [2.45, 2.75) is 38.1 Å². The summed E-state index contributed by atoms with van der Waals surface area (Å²) in [5.41, 5.74) is 0.902. The number of H-pyrrole nitrogens is 1. The van der Waals surface area contributed by atoms with Gasteiger partial charge in [0.2, 0.25) is 0 Å². The van der Waals surface area contributed by atoms with E-state index in [0.717, 1.165) is 30.3 Å². The van der Waals surface area contributed by atoms with Crippen molar-refractivity contribution >= 4 is 24.3 Å². The van der Waals surface area contributed by atoms with E-state index in [1.54, 1.807) is 13.4 Å². The lowest BCUT2D eigenvalue weighted by molar-refractivity contribution is 0.614. The molecule has 5 nitrogen and oxygen atoms in total. The van der Waals surface area contributed by atoms with Crippen molar-refractivity contribution in [1.82, 2.24) is 15.3 Å². The van der Waals surface area contributed by atoms with Crippen LogP contribution in [0.25, 0.3) is 0 Å². The third-order valence-electron chi connectivity index (χ3n) is 3.17. The number of aromatic nitrogens is 2. The van der Waals surface area contributed by atoms with Gasteiger partial charge < -0.3 is 15.2 Å². The molecule has 1 unspecified atom stereocenters. The molecule has 18 heavy (non-hydrogen) atoms. The Balaban J connectivity index is 2.07. The Morgan fingerprint density at radius 1 is 1.44 bits per heavy atom. The minimum absolute atomic E-state index is 0.0545. The summed E-state index contributed by atoms with van der Waals surface area (Å²) in [7, 11) is 1.77. The monoisotopic (exact) mass is 267 g/mol. The minimum atomic E-state index is -0.0545. The van der Waals surface area contributed by atoms with Gasteiger partial charge in [0, 0.05) is 13.6 Å². The number of nitrogens with one attached hydrogen (secondary N) is 2. The second kappa shape index (κ2) is 6.13. The maximum atomic E-state index is 4.57. The number of aliphatic imine (C=N–C) groups is 1. The number of fused-ring (bicyclic) bond motifs is 1. The number of hydrogen-bond donors (Lipinski definition) is 3. The zero-order valence-corrected chi connectivity index (χ0v) is 11.9. The number of hydrogen-bond acceptors (Lipinski definition) is 4. The Kier molecular flexibility index (Phi) is 4.52. The van der Waals surface area contributed by atoms with Crippen LogP contribution in [0.4, 0.5) is 5.82 Å². The molecule has 100 valence electrons. The number of unbranched alkanes of at least 4 members (excludes halogenated alkanes) is 3. The standard InChI is InChI=1S/C12H21N5S/c1-3-4-5-6-7-17-11-9(14-8-15-11)10(13-2)16-12(17)18/h8,12,18H,3-7H2,1-2H3,(H,13,16)(H,14,15). The number of thiol groups is 1. The smallest absolute Gasteiger partial charge is 0.160 e. The Hall–Kier alpha value is -1.17. The topological polar surface area (TPSA) is 56.3 Å². The zero-order valence-electron chi connectivity index (χ0n) is 11.0. The van der Waals surface area contributed by atoms with Gasteiger partial charge in [-0.3, -0.25) is 4.99 Å². The SMILES string of the molecule is CCCCCCN1c2nc[nH]c2C(=NC)NC1S. The molecular formula is C12H21N5S. The van der Waals surface area contributed by atoms with Crippen molar-refractivity contribution in [3.05, 3.63) is 12.0 Å². The van der Waals surface area contributed by atoms with Gasteiger partial charge in [0.05, 0.1) is 6.33 Å². The highest BCUT2D eigenvalue weighted by Gasteiger charge is 2.28. The summed E-state index contributed by atoms with van der Waals surface area (Å²) in [5.74, 6) is 1.78. The molecule has 2 N–H and O–H groups in total. The predicted octanol–water partition coefficient (Wildman–Crippen LogP) is 1.99. The number of imidazole rings is 1. The first-order valence-corrected chi connectivity index (χ1v) is 7.01. The van der Waals surface area contributed by atoms with E-state index in [-0.39, 0.29) is 5.50 Å². The van der Waals surface area contributed by atoms with E-state index < -0.39 is 0 Å². The molecule has 1 atom stereocenters. The summed E-state index contributed by atoms with van der Waals surface area (Å²) < 4.78 is 0. The molecule has 1 aromatic heterocycles. The van der Waals surface area contributed by atoms with Crippen LogP contribution in [0.3, 0.4) is 0 Å². The van der Waals surface area contributed by atoms with Crippen LogP contribution < -0.4 is 10.2 Å². The summed E-state index contributed by atoms with van der Waals surface area (Å²) in [5, 5.41) is 3.27. The number of nitrogens with zero attached hydrogens (tertiary/aromatic N) is 3. The van der Waals surface area contributed by atoms with Crippen LogP contribution >= 0.6 is 12.6 Å². The van der Waals surface area contributed by atoms with Crippen molar-refractivity contribution in [3.63, 3.8) is 0 Å². The van der Waals surface area contributed by atoms with Crippen LogP contribution in [-0.2, 0) is 0 Å². The molecule has 0 fully saturated rings. The third kappa shape index (κ3) is 2.63. The molecule has 0 aliphatic carbocycles. The van der Waals surface area contributed by atoms with Crippen molar-refractivity contribution in [2.75, 3.05) is 18.5 Å². The van der Waals surface area contributed by atoms with E-state index >= 15 is 0 Å². The lowest BCUT2D eigenvalue weighted by atomic mass is 10.2. The Morgan fingerprint density at radius 2 is 2.28 bits per heavy atom. The van der Waals surface area contributed by atoms with E-state index in [1.807, 2.05) is 0 Å². The van der Waals surface area contributed by atoms with Gasteiger partial charge in [0.1, 0.15) is 11.2 Å². The van der Waals surface area contributed by atoms with Gasteiger partial charge in [0.15, 0.2) is 11.7 Å². The molecule has 0 saturated carbocycles. The molecule has 0 saturated heterocycles. The summed E-state index contributed by atoms with van der Waals surface area (Å²) >= 11 is 4.57. The van der Waals surface area contributed by atoms with Crippen molar-refractivity contribution in [1.29, 1.82) is 0 Å². The summed E-state index contributed by atoms with van der Waals surface area (Å²) in [6.45, 7) is 3.19. The molecule has 2 heterocycles.